The molecule has 0 unspecified atom stereocenters. The molecule has 1 aromatic rings. The lowest BCUT2D eigenvalue weighted by molar-refractivity contribution is 0.0959. The minimum absolute atomic E-state index is 0.150. The minimum atomic E-state index is -0.150. The summed E-state index contributed by atoms with van der Waals surface area (Å²) in [6.07, 6.45) is 4.12. The van der Waals surface area contributed by atoms with Crippen LogP contribution in [0.3, 0.4) is 0 Å². The molecule has 1 aliphatic carbocycles. The van der Waals surface area contributed by atoms with Gasteiger partial charge >= 0.3 is 0 Å². The van der Waals surface area contributed by atoms with Crippen molar-refractivity contribution in [1.29, 1.82) is 0 Å². The fourth-order valence-corrected chi connectivity index (χ4v) is 4.81. The molecule has 2 heterocycles. The van der Waals surface area contributed by atoms with Crippen molar-refractivity contribution in [2.45, 2.75) is 25.8 Å². The lowest BCUT2D eigenvalue weighted by Gasteiger charge is -2.30. The van der Waals surface area contributed by atoms with Gasteiger partial charge in [-0.05, 0) is 49.4 Å². The van der Waals surface area contributed by atoms with Crippen molar-refractivity contribution in [3.8, 4) is 0 Å². The third-order valence-corrected chi connectivity index (χ3v) is 6.25. The summed E-state index contributed by atoms with van der Waals surface area (Å²) in [4.78, 5) is 5.25. The molecule has 3 fully saturated rings. The summed E-state index contributed by atoms with van der Waals surface area (Å²) >= 11 is 0. The van der Waals surface area contributed by atoms with Crippen LogP contribution < -0.4 is 0 Å². The molecule has 4 heteroatoms. The van der Waals surface area contributed by atoms with Crippen LogP contribution in [-0.4, -0.2) is 56.2 Å². The smallest absolute Gasteiger partial charge is 0.123 e. The SMILES string of the molecule is COC[C@@H]1CN(CC2CC2)C[C@]12CCN(Cc1ccc(F)cc1)C2. The van der Waals surface area contributed by atoms with Gasteiger partial charge in [0.25, 0.3) is 0 Å². The first-order chi connectivity index (χ1) is 11.7. The topological polar surface area (TPSA) is 15.7 Å². The lowest BCUT2D eigenvalue weighted by Crippen LogP contribution is -2.36. The Hall–Kier alpha value is -0.970. The largest absolute Gasteiger partial charge is 0.384 e. The first-order valence-corrected chi connectivity index (χ1v) is 9.35. The van der Waals surface area contributed by atoms with Crippen LogP contribution in [0.1, 0.15) is 24.8 Å². The highest BCUT2D eigenvalue weighted by Crippen LogP contribution is 2.45. The number of likely N-dealkylation sites (tertiary alicyclic amines) is 2. The summed E-state index contributed by atoms with van der Waals surface area (Å²) in [7, 11) is 1.84. The monoisotopic (exact) mass is 332 g/mol. The number of rotatable bonds is 6. The number of benzene rings is 1. The van der Waals surface area contributed by atoms with Crippen LogP contribution in [0.4, 0.5) is 4.39 Å². The third kappa shape index (κ3) is 3.51. The molecule has 0 bridgehead atoms. The maximum atomic E-state index is 13.1. The molecule has 3 nitrogen and oxygen atoms in total. The van der Waals surface area contributed by atoms with E-state index in [1.165, 1.54) is 44.5 Å². The number of methoxy groups -OCH3 is 1. The fourth-order valence-electron chi connectivity index (χ4n) is 4.81. The molecule has 0 N–H and O–H groups in total. The van der Waals surface area contributed by atoms with Gasteiger partial charge in [0, 0.05) is 51.2 Å². The average Bonchev–Trinajstić information content (AvgIpc) is 3.20. The molecule has 132 valence electrons. The van der Waals surface area contributed by atoms with Gasteiger partial charge in [0.1, 0.15) is 5.82 Å². The van der Waals surface area contributed by atoms with E-state index in [0.717, 1.165) is 32.2 Å². The predicted molar refractivity (Wildman–Crippen MR) is 93.3 cm³/mol. The molecule has 1 aromatic carbocycles. The number of nitrogens with zero attached hydrogens (tertiary/aromatic N) is 2. The van der Waals surface area contributed by atoms with Crippen molar-refractivity contribution < 1.29 is 9.13 Å². The summed E-state index contributed by atoms with van der Waals surface area (Å²) in [5.74, 6) is 1.46. The Morgan fingerprint density at radius 2 is 1.92 bits per heavy atom. The maximum Gasteiger partial charge on any atom is 0.123 e. The number of hydrogen-bond acceptors (Lipinski definition) is 3. The van der Waals surface area contributed by atoms with E-state index in [2.05, 4.69) is 9.80 Å². The summed E-state index contributed by atoms with van der Waals surface area (Å²) in [5.41, 5.74) is 1.61. The summed E-state index contributed by atoms with van der Waals surface area (Å²) in [6.45, 7) is 7.84. The first kappa shape index (κ1) is 16.5. The second-order valence-electron chi connectivity index (χ2n) is 8.24. The van der Waals surface area contributed by atoms with E-state index in [1.54, 1.807) is 12.1 Å². The van der Waals surface area contributed by atoms with Gasteiger partial charge in [0.2, 0.25) is 0 Å². The highest BCUT2D eigenvalue weighted by Gasteiger charge is 2.50. The number of hydrogen-bond donors (Lipinski definition) is 0. The van der Waals surface area contributed by atoms with E-state index in [9.17, 15) is 4.39 Å². The van der Waals surface area contributed by atoms with E-state index >= 15 is 0 Å². The van der Waals surface area contributed by atoms with Crippen LogP contribution in [0.15, 0.2) is 24.3 Å². The molecule has 1 saturated carbocycles. The fraction of sp³-hybridized carbons (Fsp3) is 0.700. The van der Waals surface area contributed by atoms with Crippen molar-refractivity contribution in [2.75, 3.05) is 46.4 Å². The zero-order chi connectivity index (χ0) is 16.6. The first-order valence-electron chi connectivity index (χ1n) is 9.35. The lowest BCUT2D eigenvalue weighted by atomic mass is 9.77. The molecule has 0 aromatic heterocycles. The van der Waals surface area contributed by atoms with Crippen molar-refractivity contribution in [1.82, 2.24) is 9.80 Å². The van der Waals surface area contributed by atoms with Gasteiger partial charge in [-0.2, -0.15) is 0 Å². The van der Waals surface area contributed by atoms with Crippen molar-refractivity contribution >= 4 is 0 Å². The predicted octanol–water partition coefficient (Wildman–Crippen LogP) is 3.01. The highest BCUT2D eigenvalue weighted by molar-refractivity contribution is 5.16. The van der Waals surface area contributed by atoms with Gasteiger partial charge in [0.05, 0.1) is 6.61 Å². The molecule has 2 saturated heterocycles. The van der Waals surface area contributed by atoms with Crippen molar-refractivity contribution in [3.05, 3.63) is 35.6 Å². The molecule has 2 aliphatic heterocycles. The van der Waals surface area contributed by atoms with Crippen LogP contribution in [0.5, 0.6) is 0 Å². The van der Waals surface area contributed by atoms with E-state index in [4.69, 9.17) is 4.74 Å². The average molecular weight is 332 g/mol. The number of halogens is 1. The quantitative estimate of drug-likeness (QED) is 0.796. The molecular weight excluding hydrogens is 303 g/mol. The molecule has 0 amide bonds. The molecule has 1 spiro atoms. The summed E-state index contributed by atoms with van der Waals surface area (Å²) in [5, 5.41) is 0. The van der Waals surface area contributed by atoms with Gasteiger partial charge in [-0.25, -0.2) is 4.39 Å². The number of ether oxygens (including phenoxy) is 1. The maximum absolute atomic E-state index is 13.1. The Bertz CT molecular complexity index is 559. The zero-order valence-corrected chi connectivity index (χ0v) is 14.7. The van der Waals surface area contributed by atoms with Crippen LogP contribution >= 0.6 is 0 Å². The molecular formula is C20H29FN2O. The second-order valence-corrected chi connectivity index (χ2v) is 8.24. The molecule has 24 heavy (non-hydrogen) atoms. The van der Waals surface area contributed by atoms with Gasteiger partial charge in [-0.1, -0.05) is 12.1 Å². The van der Waals surface area contributed by atoms with Crippen LogP contribution in [0, 0.1) is 23.1 Å². The van der Waals surface area contributed by atoms with E-state index in [-0.39, 0.29) is 5.82 Å². The second kappa shape index (κ2) is 6.74. The van der Waals surface area contributed by atoms with E-state index in [1.807, 2.05) is 19.2 Å². The van der Waals surface area contributed by atoms with Crippen molar-refractivity contribution in [3.63, 3.8) is 0 Å². The zero-order valence-electron chi connectivity index (χ0n) is 14.7. The van der Waals surface area contributed by atoms with Gasteiger partial charge < -0.3 is 9.64 Å². The van der Waals surface area contributed by atoms with Crippen molar-refractivity contribution in [2.24, 2.45) is 17.3 Å². The summed E-state index contributed by atoms with van der Waals surface area (Å²) in [6, 6.07) is 6.98. The highest BCUT2D eigenvalue weighted by atomic mass is 19.1. The molecule has 3 aliphatic rings. The molecule has 2 atom stereocenters. The van der Waals surface area contributed by atoms with Crippen LogP contribution in [-0.2, 0) is 11.3 Å². The summed E-state index contributed by atoms with van der Waals surface area (Å²) < 4.78 is 18.7. The normalized spacial score (nSPS) is 31.3. The standard InChI is InChI=1S/C20H29FN2O/c1-24-13-18-12-23(11-16-2-3-16)15-20(18)8-9-22(14-20)10-17-4-6-19(21)7-5-17/h4-7,16,18H,2-3,8-15H2,1H3/t18-,20+/m0/s1. The van der Waals surface area contributed by atoms with Gasteiger partial charge in [-0.3, -0.25) is 4.90 Å². The Morgan fingerprint density at radius 3 is 2.62 bits per heavy atom. The van der Waals surface area contributed by atoms with Crippen LogP contribution in [0.25, 0.3) is 0 Å². The van der Waals surface area contributed by atoms with E-state index < -0.39 is 0 Å². The van der Waals surface area contributed by atoms with Gasteiger partial charge in [0.15, 0.2) is 0 Å². The Labute approximate surface area is 144 Å². The van der Waals surface area contributed by atoms with E-state index in [0.29, 0.717) is 11.3 Å². The molecule has 0 radical (unpaired) electrons. The Balaban J connectivity index is 1.40. The third-order valence-electron chi connectivity index (χ3n) is 6.25. The van der Waals surface area contributed by atoms with Gasteiger partial charge in [-0.15, -0.1) is 0 Å². The molecule has 4 rings (SSSR count). The Kier molecular flexibility index (Phi) is 4.63. The Morgan fingerprint density at radius 1 is 1.17 bits per heavy atom. The minimum Gasteiger partial charge on any atom is -0.384 e. The van der Waals surface area contributed by atoms with Crippen LogP contribution in [0.2, 0.25) is 0 Å².